The van der Waals surface area contributed by atoms with E-state index in [9.17, 15) is 12.8 Å². The number of nitrogens with zero attached hydrogens (tertiary/aromatic N) is 1. The van der Waals surface area contributed by atoms with E-state index in [-0.39, 0.29) is 17.0 Å². The SMILES string of the molecule is C#CCN(CC1CC1)S(=O)(=O)c1ccc(F)c(CO)c1. The van der Waals surface area contributed by atoms with Crippen LogP contribution in [0, 0.1) is 24.1 Å². The van der Waals surface area contributed by atoms with Crippen molar-refractivity contribution in [2.45, 2.75) is 24.3 Å². The smallest absolute Gasteiger partial charge is 0.243 e. The van der Waals surface area contributed by atoms with E-state index in [1.54, 1.807) is 0 Å². The van der Waals surface area contributed by atoms with Crippen LogP contribution in [0.2, 0.25) is 0 Å². The maximum Gasteiger partial charge on any atom is 0.243 e. The molecule has 0 heterocycles. The monoisotopic (exact) mass is 297 g/mol. The largest absolute Gasteiger partial charge is 0.392 e. The van der Waals surface area contributed by atoms with E-state index >= 15 is 0 Å². The summed E-state index contributed by atoms with van der Waals surface area (Å²) in [5, 5.41) is 9.03. The van der Waals surface area contributed by atoms with Gasteiger partial charge in [0.05, 0.1) is 18.0 Å². The third kappa shape index (κ3) is 3.18. The van der Waals surface area contributed by atoms with Crippen molar-refractivity contribution < 1.29 is 17.9 Å². The molecular weight excluding hydrogens is 281 g/mol. The summed E-state index contributed by atoms with van der Waals surface area (Å²) in [5.74, 6) is 2.07. The minimum absolute atomic E-state index is 0.00926. The molecule has 1 aliphatic rings. The van der Waals surface area contributed by atoms with Gasteiger partial charge >= 0.3 is 0 Å². The Morgan fingerprint density at radius 3 is 2.70 bits per heavy atom. The average Bonchev–Trinajstić information content (AvgIpc) is 3.22. The van der Waals surface area contributed by atoms with Gasteiger partial charge in [0, 0.05) is 12.1 Å². The van der Waals surface area contributed by atoms with Crippen molar-refractivity contribution in [1.82, 2.24) is 4.31 Å². The van der Waals surface area contributed by atoms with Crippen LogP contribution in [0.4, 0.5) is 4.39 Å². The molecule has 0 aromatic heterocycles. The van der Waals surface area contributed by atoms with Crippen LogP contribution < -0.4 is 0 Å². The Bertz CT molecular complexity index is 632. The maximum atomic E-state index is 13.3. The van der Waals surface area contributed by atoms with E-state index in [0.717, 1.165) is 25.0 Å². The Morgan fingerprint density at radius 1 is 1.45 bits per heavy atom. The molecule has 20 heavy (non-hydrogen) atoms. The standard InChI is InChI=1S/C14H16FNO3S/c1-2-7-16(9-11-3-4-11)20(18,19)13-5-6-14(15)12(8-13)10-17/h1,5-6,8,11,17H,3-4,7,9-10H2. The molecule has 1 aliphatic carbocycles. The predicted octanol–water partition coefficient (Wildman–Crippen LogP) is 1.35. The summed E-state index contributed by atoms with van der Waals surface area (Å²) in [6, 6.07) is 3.39. The molecule has 2 rings (SSSR count). The lowest BCUT2D eigenvalue weighted by atomic mass is 10.2. The predicted molar refractivity (Wildman–Crippen MR) is 72.6 cm³/mol. The Morgan fingerprint density at radius 2 is 2.15 bits per heavy atom. The van der Waals surface area contributed by atoms with Crippen molar-refractivity contribution in [3.05, 3.63) is 29.6 Å². The second-order valence-corrected chi connectivity index (χ2v) is 6.79. The number of rotatable bonds is 6. The highest BCUT2D eigenvalue weighted by Crippen LogP contribution is 2.31. The van der Waals surface area contributed by atoms with Gasteiger partial charge in [0.15, 0.2) is 0 Å². The first-order valence-corrected chi connectivity index (χ1v) is 7.76. The van der Waals surface area contributed by atoms with Crippen molar-refractivity contribution in [2.75, 3.05) is 13.1 Å². The maximum absolute atomic E-state index is 13.3. The van der Waals surface area contributed by atoms with Crippen LogP contribution in [0.25, 0.3) is 0 Å². The summed E-state index contributed by atoms with van der Waals surface area (Å²) >= 11 is 0. The Hall–Kier alpha value is -1.42. The molecule has 0 radical (unpaired) electrons. The van der Waals surface area contributed by atoms with Crippen molar-refractivity contribution in [3.8, 4) is 12.3 Å². The number of aliphatic hydroxyl groups excluding tert-OH is 1. The lowest BCUT2D eigenvalue weighted by Gasteiger charge is -2.20. The van der Waals surface area contributed by atoms with Crippen LogP contribution in [0.3, 0.4) is 0 Å². The Kier molecular flexibility index (Phi) is 4.43. The molecule has 0 aliphatic heterocycles. The van der Waals surface area contributed by atoms with Gasteiger partial charge < -0.3 is 5.11 Å². The molecule has 1 fully saturated rings. The molecule has 0 bridgehead atoms. The summed E-state index contributed by atoms with van der Waals surface area (Å²) in [4.78, 5) is -0.0427. The van der Waals surface area contributed by atoms with Gasteiger partial charge in [-0.15, -0.1) is 6.42 Å². The zero-order valence-electron chi connectivity index (χ0n) is 10.9. The molecule has 1 saturated carbocycles. The zero-order valence-corrected chi connectivity index (χ0v) is 11.7. The normalized spacial score (nSPS) is 15.3. The summed E-state index contributed by atoms with van der Waals surface area (Å²) in [6.07, 6.45) is 7.23. The van der Waals surface area contributed by atoms with E-state index in [1.165, 1.54) is 10.4 Å². The Labute approximate surface area is 118 Å². The highest BCUT2D eigenvalue weighted by atomic mass is 32.2. The molecule has 4 nitrogen and oxygen atoms in total. The van der Waals surface area contributed by atoms with E-state index < -0.39 is 22.4 Å². The van der Waals surface area contributed by atoms with Gasteiger partial charge in [-0.25, -0.2) is 12.8 Å². The van der Waals surface area contributed by atoms with Gasteiger partial charge in [0.1, 0.15) is 5.82 Å². The first kappa shape index (κ1) is 15.0. The molecule has 1 N–H and O–H groups in total. The quantitative estimate of drug-likeness (QED) is 0.806. The van der Waals surface area contributed by atoms with Crippen LogP contribution in [0.1, 0.15) is 18.4 Å². The molecule has 0 spiro atoms. The van der Waals surface area contributed by atoms with E-state index in [2.05, 4.69) is 5.92 Å². The topological polar surface area (TPSA) is 57.6 Å². The summed E-state index contributed by atoms with van der Waals surface area (Å²) < 4.78 is 39.5. The van der Waals surface area contributed by atoms with Crippen LogP contribution in [-0.2, 0) is 16.6 Å². The van der Waals surface area contributed by atoms with Gasteiger partial charge in [-0.3, -0.25) is 0 Å². The zero-order chi connectivity index (χ0) is 14.8. The molecule has 0 unspecified atom stereocenters. The Balaban J connectivity index is 2.33. The number of hydrogen-bond donors (Lipinski definition) is 1. The number of terminal acetylenes is 1. The van der Waals surface area contributed by atoms with Gasteiger partial charge in [0.2, 0.25) is 10.0 Å². The molecule has 1 aromatic rings. The van der Waals surface area contributed by atoms with Crippen molar-refractivity contribution >= 4 is 10.0 Å². The first-order chi connectivity index (χ1) is 9.48. The third-order valence-corrected chi connectivity index (χ3v) is 5.06. The highest BCUT2D eigenvalue weighted by Gasteiger charge is 2.31. The minimum Gasteiger partial charge on any atom is -0.392 e. The average molecular weight is 297 g/mol. The highest BCUT2D eigenvalue weighted by molar-refractivity contribution is 7.89. The first-order valence-electron chi connectivity index (χ1n) is 6.32. The van der Waals surface area contributed by atoms with Gasteiger partial charge in [-0.05, 0) is 37.0 Å². The number of hydrogen-bond acceptors (Lipinski definition) is 3. The minimum atomic E-state index is -3.75. The van der Waals surface area contributed by atoms with Crippen LogP contribution in [0.5, 0.6) is 0 Å². The fourth-order valence-corrected chi connectivity index (χ4v) is 3.40. The molecule has 0 saturated heterocycles. The van der Waals surface area contributed by atoms with E-state index in [1.807, 2.05) is 0 Å². The lowest BCUT2D eigenvalue weighted by molar-refractivity contribution is 0.275. The summed E-state index contributed by atoms with van der Waals surface area (Å²) in [6.45, 7) is -0.171. The van der Waals surface area contributed by atoms with E-state index in [4.69, 9.17) is 11.5 Å². The molecule has 0 amide bonds. The molecule has 1 aromatic carbocycles. The fourth-order valence-electron chi connectivity index (χ4n) is 1.92. The van der Waals surface area contributed by atoms with Gasteiger partial charge in [-0.1, -0.05) is 5.92 Å². The number of aliphatic hydroxyl groups is 1. The molecule has 6 heteroatoms. The van der Waals surface area contributed by atoms with Crippen molar-refractivity contribution in [2.24, 2.45) is 5.92 Å². The van der Waals surface area contributed by atoms with Gasteiger partial charge in [-0.2, -0.15) is 4.31 Å². The van der Waals surface area contributed by atoms with Crippen LogP contribution >= 0.6 is 0 Å². The second kappa shape index (κ2) is 5.92. The summed E-state index contributed by atoms with van der Waals surface area (Å²) in [7, 11) is -3.75. The lowest BCUT2D eigenvalue weighted by Crippen LogP contribution is -2.33. The molecular formula is C14H16FNO3S. The van der Waals surface area contributed by atoms with Crippen molar-refractivity contribution in [3.63, 3.8) is 0 Å². The number of halogens is 1. The molecule has 0 atom stereocenters. The van der Waals surface area contributed by atoms with Crippen LogP contribution in [0.15, 0.2) is 23.1 Å². The van der Waals surface area contributed by atoms with Crippen LogP contribution in [-0.4, -0.2) is 30.9 Å². The molecule has 108 valence electrons. The fraction of sp³-hybridized carbons (Fsp3) is 0.429. The van der Waals surface area contributed by atoms with Crippen molar-refractivity contribution in [1.29, 1.82) is 0 Å². The van der Waals surface area contributed by atoms with E-state index in [0.29, 0.717) is 12.5 Å². The summed E-state index contributed by atoms with van der Waals surface area (Å²) in [5.41, 5.74) is -0.0434. The van der Waals surface area contributed by atoms with Gasteiger partial charge in [0.25, 0.3) is 0 Å². The number of benzene rings is 1. The number of sulfonamides is 1. The second-order valence-electron chi connectivity index (χ2n) is 4.86. The third-order valence-electron chi connectivity index (χ3n) is 3.25.